The van der Waals surface area contributed by atoms with Gasteiger partial charge in [0.1, 0.15) is 6.04 Å². The minimum absolute atomic E-state index is 0.462. The number of nitrogens with two attached hydrogens (primary N) is 1. The van der Waals surface area contributed by atoms with Crippen molar-refractivity contribution in [2.45, 2.75) is 6.04 Å². The second-order valence-electron chi connectivity index (χ2n) is 4.15. The predicted molar refractivity (Wildman–Crippen MR) is 88.9 cm³/mol. The molecule has 0 aliphatic heterocycles. The third-order valence-electron chi connectivity index (χ3n) is 2.71. The lowest BCUT2D eigenvalue weighted by atomic mass is 10.1. The smallest absolute Gasteiger partial charge is 0.244 e. The van der Waals surface area contributed by atoms with Crippen molar-refractivity contribution in [3.05, 3.63) is 62.0 Å². The number of nitrogens with one attached hydrogen (secondary N) is 1. The molecular weight excluding hydrogens is 407 g/mol. The number of carbonyl (C=O) groups excluding carboxylic acids is 1. The van der Waals surface area contributed by atoms with Gasteiger partial charge >= 0.3 is 0 Å². The molecule has 1 amide bonds. The Morgan fingerprint density at radius 3 is 2.35 bits per heavy atom. The molecule has 3 N–H and O–H groups in total. The Labute approximate surface area is 138 Å². The summed E-state index contributed by atoms with van der Waals surface area (Å²) in [5, 5.41) is 3.70. The van der Waals surface area contributed by atoms with Crippen molar-refractivity contribution in [1.82, 2.24) is 0 Å². The van der Waals surface area contributed by atoms with Crippen LogP contribution >= 0.6 is 43.5 Å². The van der Waals surface area contributed by atoms with Gasteiger partial charge in [-0.1, -0.05) is 49.5 Å². The van der Waals surface area contributed by atoms with Crippen LogP contribution in [0, 0.1) is 0 Å². The highest BCUT2D eigenvalue weighted by molar-refractivity contribution is 9.10. The van der Waals surface area contributed by atoms with Crippen molar-refractivity contribution in [3.8, 4) is 0 Å². The first kappa shape index (κ1) is 15.4. The summed E-state index contributed by atoms with van der Waals surface area (Å²) in [5.41, 5.74) is 7.03. The summed E-state index contributed by atoms with van der Waals surface area (Å²) in [6.07, 6.45) is 0. The zero-order chi connectivity index (χ0) is 14.7. The van der Waals surface area contributed by atoms with Gasteiger partial charge in [-0.3, -0.25) is 4.79 Å². The maximum atomic E-state index is 11.7. The van der Waals surface area contributed by atoms with Gasteiger partial charge in [0.05, 0.1) is 0 Å². The summed E-state index contributed by atoms with van der Waals surface area (Å²) in [4.78, 5) is 11.7. The van der Waals surface area contributed by atoms with Gasteiger partial charge in [0, 0.05) is 19.7 Å². The lowest BCUT2D eigenvalue weighted by molar-refractivity contribution is -0.118. The summed E-state index contributed by atoms with van der Waals surface area (Å²) in [6, 6.07) is 12.1. The second-order valence-corrected chi connectivity index (χ2v) is 6.36. The summed E-state index contributed by atoms with van der Waals surface area (Å²) in [6.45, 7) is 0. The number of carbonyl (C=O) groups is 1. The molecule has 0 spiro atoms. The molecule has 1 unspecified atom stereocenters. The number of halogens is 3. The molecule has 1 atom stereocenters. The van der Waals surface area contributed by atoms with Gasteiger partial charge in [0.2, 0.25) is 5.91 Å². The normalized spacial score (nSPS) is 11.9. The molecular formula is C14H11Br2ClN2O. The van der Waals surface area contributed by atoms with E-state index in [0.29, 0.717) is 5.02 Å². The Morgan fingerprint density at radius 2 is 1.80 bits per heavy atom. The van der Waals surface area contributed by atoms with Crippen LogP contribution in [0.1, 0.15) is 11.6 Å². The molecule has 0 heterocycles. The average molecular weight is 419 g/mol. The van der Waals surface area contributed by atoms with E-state index in [1.807, 2.05) is 24.3 Å². The molecule has 3 nitrogen and oxygen atoms in total. The van der Waals surface area contributed by atoms with Crippen molar-refractivity contribution in [3.63, 3.8) is 0 Å². The maximum Gasteiger partial charge on any atom is 0.244 e. The molecule has 2 aromatic carbocycles. The lowest BCUT2D eigenvalue weighted by Gasteiger charge is -2.18. The molecule has 104 valence electrons. The third-order valence-corrected chi connectivity index (χ3v) is 4.16. The quantitative estimate of drug-likeness (QED) is 0.768. The van der Waals surface area contributed by atoms with Crippen LogP contribution in [-0.4, -0.2) is 5.91 Å². The van der Waals surface area contributed by atoms with E-state index in [4.69, 9.17) is 17.3 Å². The summed E-state index contributed by atoms with van der Waals surface area (Å²) in [7, 11) is 0. The molecule has 0 fully saturated rings. The van der Waals surface area contributed by atoms with E-state index < -0.39 is 11.9 Å². The Balaban J connectivity index is 2.31. The van der Waals surface area contributed by atoms with Crippen LogP contribution in [0.15, 0.2) is 51.4 Å². The zero-order valence-corrected chi connectivity index (χ0v) is 14.2. The van der Waals surface area contributed by atoms with E-state index in [0.717, 1.165) is 20.2 Å². The van der Waals surface area contributed by atoms with Crippen LogP contribution < -0.4 is 11.1 Å². The van der Waals surface area contributed by atoms with Gasteiger partial charge < -0.3 is 11.1 Å². The minimum atomic E-state index is -0.636. The number of primary amides is 1. The number of benzene rings is 2. The predicted octanol–water partition coefficient (Wildman–Crippen LogP) is 4.50. The van der Waals surface area contributed by atoms with E-state index in [1.165, 1.54) is 0 Å². The Morgan fingerprint density at radius 1 is 1.15 bits per heavy atom. The molecule has 0 aliphatic carbocycles. The SMILES string of the molecule is NC(=O)C(Nc1ccc(Br)cc1)c1ccc(Cl)cc1Br. The zero-order valence-electron chi connectivity index (χ0n) is 10.2. The fourth-order valence-electron chi connectivity index (χ4n) is 1.75. The molecule has 0 bridgehead atoms. The molecule has 0 saturated carbocycles. The number of rotatable bonds is 4. The van der Waals surface area contributed by atoms with Gasteiger partial charge in [0.15, 0.2) is 0 Å². The van der Waals surface area contributed by atoms with Crippen molar-refractivity contribution in [2.24, 2.45) is 5.73 Å². The van der Waals surface area contributed by atoms with Crippen LogP contribution in [0.25, 0.3) is 0 Å². The summed E-state index contributed by atoms with van der Waals surface area (Å²) in [5.74, 6) is -0.462. The molecule has 0 aliphatic rings. The van der Waals surface area contributed by atoms with Gasteiger partial charge in [-0.15, -0.1) is 0 Å². The van der Waals surface area contributed by atoms with Crippen molar-refractivity contribution >= 4 is 55.1 Å². The lowest BCUT2D eigenvalue weighted by Crippen LogP contribution is -2.28. The van der Waals surface area contributed by atoms with Gasteiger partial charge in [0.25, 0.3) is 0 Å². The molecule has 0 aromatic heterocycles. The molecule has 2 rings (SSSR count). The number of amides is 1. The van der Waals surface area contributed by atoms with Crippen molar-refractivity contribution in [1.29, 1.82) is 0 Å². The van der Waals surface area contributed by atoms with E-state index in [9.17, 15) is 4.79 Å². The Hall–Kier alpha value is -1.04. The van der Waals surface area contributed by atoms with Crippen LogP contribution in [-0.2, 0) is 4.79 Å². The number of anilines is 1. The Kier molecular flexibility index (Phi) is 5.07. The number of hydrogen-bond acceptors (Lipinski definition) is 2. The van der Waals surface area contributed by atoms with E-state index in [1.54, 1.807) is 18.2 Å². The maximum absolute atomic E-state index is 11.7. The van der Waals surface area contributed by atoms with Crippen LogP contribution in [0.5, 0.6) is 0 Å². The topological polar surface area (TPSA) is 55.1 Å². The van der Waals surface area contributed by atoms with Crippen LogP contribution in [0.2, 0.25) is 5.02 Å². The molecule has 0 saturated heterocycles. The monoisotopic (exact) mass is 416 g/mol. The third kappa shape index (κ3) is 3.75. The molecule has 6 heteroatoms. The highest BCUT2D eigenvalue weighted by Crippen LogP contribution is 2.29. The van der Waals surface area contributed by atoms with E-state index in [-0.39, 0.29) is 0 Å². The highest BCUT2D eigenvalue weighted by atomic mass is 79.9. The fraction of sp³-hybridized carbons (Fsp3) is 0.0714. The largest absolute Gasteiger partial charge is 0.370 e. The molecule has 20 heavy (non-hydrogen) atoms. The number of hydrogen-bond donors (Lipinski definition) is 2. The summed E-state index contributed by atoms with van der Waals surface area (Å²) < 4.78 is 1.70. The Bertz CT molecular complexity index is 632. The second kappa shape index (κ2) is 6.61. The van der Waals surface area contributed by atoms with E-state index >= 15 is 0 Å². The van der Waals surface area contributed by atoms with Crippen molar-refractivity contribution in [2.75, 3.05) is 5.32 Å². The first-order chi connectivity index (χ1) is 9.47. The molecule has 2 aromatic rings. The summed E-state index contributed by atoms with van der Waals surface area (Å²) >= 11 is 12.7. The van der Waals surface area contributed by atoms with Crippen molar-refractivity contribution < 1.29 is 4.79 Å². The van der Waals surface area contributed by atoms with E-state index in [2.05, 4.69) is 37.2 Å². The standard InChI is InChI=1S/C14H11Br2ClN2O/c15-8-1-4-10(5-2-8)19-13(14(18)20)11-6-3-9(17)7-12(11)16/h1-7,13,19H,(H2,18,20). The molecule has 0 radical (unpaired) electrons. The average Bonchev–Trinajstić information content (AvgIpc) is 2.39. The van der Waals surface area contributed by atoms with Crippen LogP contribution in [0.4, 0.5) is 5.69 Å². The van der Waals surface area contributed by atoms with Gasteiger partial charge in [-0.2, -0.15) is 0 Å². The van der Waals surface area contributed by atoms with Gasteiger partial charge in [-0.25, -0.2) is 0 Å². The fourth-order valence-corrected chi connectivity index (χ4v) is 2.93. The highest BCUT2D eigenvalue weighted by Gasteiger charge is 2.20. The first-order valence-corrected chi connectivity index (χ1v) is 7.70. The minimum Gasteiger partial charge on any atom is -0.370 e. The van der Waals surface area contributed by atoms with Gasteiger partial charge in [-0.05, 0) is 42.0 Å². The first-order valence-electron chi connectivity index (χ1n) is 5.74. The van der Waals surface area contributed by atoms with Crippen LogP contribution in [0.3, 0.4) is 0 Å².